The maximum absolute atomic E-state index is 13.1. The van der Waals surface area contributed by atoms with E-state index >= 15 is 0 Å². The molecule has 1 atom stereocenters. The normalized spacial score (nSPS) is 15.9. The second-order valence-corrected chi connectivity index (χ2v) is 7.03. The summed E-state index contributed by atoms with van der Waals surface area (Å²) in [6.45, 7) is 1.82. The van der Waals surface area contributed by atoms with Gasteiger partial charge in [-0.15, -0.1) is 0 Å². The monoisotopic (exact) mass is 427 g/mol. The molecule has 0 unspecified atom stereocenters. The number of nitrogens with one attached hydrogen (secondary N) is 2. The van der Waals surface area contributed by atoms with Gasteiger partial charge in [0.25, 0.3) is 5.91 Å². The van der Waals surface area contributed by atoms with Crippen LogP contribution in [0.3, 0.4) is 0 Å². The van der Waals surface area contributed by atoms with Crippen LogP contribution in [-0.2, 0) is 4.79 Å². The zero-order valence-electron chi connectivity index (χ0n) is 14.3. The number of halogens is 2. The number of carbonyl (C=O) groups is 1. The highest BCUT2D eigenvalue weighted by atomic mass is 79.9. The number of rotatable bonds is 3. The molecule has 27 heavy (non-hydrogen) atoms. The van der Waals surface area contributed by atoms with Crippen LogP contribution in [0.1, 0.15) is 18.5 Å². The van der Waals surface area contributed by atoms with Gasteiger partial charge in [0.15, 0.2) is 0 Å². The van der Waals surface area contributed by atoms with Crippen molar-refractivity contribution in [3.63, 3.8) is 0 Å². The van der Waals surface area contributed by atoms with Crippen molar-refractivity contribution in [1.29, 1.82) is 0 Å². The Bertz CT molecular complexity index is 1040. The number of hydrogen-bond donors (Lipinski definition) is 2. The Morgan fingerprint density at radius 1 is 1.26 bits per heavy atom. The molecule has 1 aliphatic heterocycles. The Morgan fingerprint density at radius 2 is 2.04 bits per heavy atom. The summed E-state index contributed by atoms with van der Waals surface area (Å²) < 4.78 is 15.7. The molecular formula is C19H15BrFN5O. The number of benzene rings is 2. The maximum atomic E-state index is 13.1. The molecule has 0 radical (unpaired) electrons. The minimum atomic E-state index is -0.443. The van der Waals surface area contributed by atoms with Crippen LogP contribution in [0.2, 0.25) is 0 Å². The van der Waals surface area contributed by atoms with Gasteiger partial charge >= 0.3 is 0 Å². The molecule has 0 fully saturated rings. The van der Waals surface area contributed by atoms with E-state index in [1.807, 2.05) is 31.2 Å². The summed E-state index contributed by atoms with van der Waals surface area (Å²) in [4.78, 5) is 17.3. The lowest BCUT2D eigenvalue weighted by Gasteiger charge is -2.28. The third kappa shape index (κ3) is 3.35. The molecular weight excluding hydrogens is 413 g/mol. The number of carbonyl (C=O) groups excluding carboxylic acids is 1. The molecule has 136 valence electrons. The van der Waals surface area contributed by atoms with Crippen LogP contribution >= 0.6 is 15.9 Å². The van der Waals surface area contributed by atoms with Crippen molar-refractivity contribution in [2.45, 2.75) is 13.0 Å². The lowest BCUT2D eigenvalue weighted by molar-refractivity contribution is -0.113. The Morgan fingerprint density at radius 3 is 2.78 bits per heavy atom. The van der Waals surface area contributed by atoms with E-state index in [2.05, 4.69) is 36.6 Å². The molecule has 0 saturated heterocycles. The Hall–Kier alpha value is -3.00. The number of hydrogen-bond acceptors (Lipinski definition) is 4. The SMILES string of the molecule is CC1=C(C(=O)Nc2ccc(F)cc2)[C@H](c2cccc(Br)c2)n2ncnc2N1. The quantitative estimate of drug-likeness (QED) is 0.659. The summed E-state index contributed by atoms with van der Waals surface area (Å²) in [5.41, 5.74) is 2.59. The first-order chi connectivity index (χ1) is 13.0. The van der Waals surface area contributed by atoms with Crippen LogP contribution in [-0.4, -0.2) is 20.7 Å². The molecule has 0 saturated carbocycles. The second-order valence-electron chi connectivity index (χ2n) is 6.11. The van der Waals surface area contributed by atoms with Crippen molar-refractivity contribution in [1.82, 2.24) is 14.8 Å². The van der Waals surface area contributed by atoms with E-state index in [0.717, 1.165) is 10.0 Å². The van der Waals surface area contributed by atoms with Crippen LogP contribution in [0.4, 0.5) is 16.0 Å². The number of nitrogens with zero attached hydrogens (tertiary/aromatic N) is 3. The van der Waals surface area contributed by atoms with Gasteiger partial charge in [0.05, 0.1) is 5.57 Å². The minimum Gasteiger partial charge on any atom is -0.328 e. The maximum Gasteiger partial charge on any atom is 0.255 e. The van der Waals surface area contributed by atoms with Gasteiger partial charge in [-0.1, -0.05) is 28.1 Å². The first-order valence-electron chi connectivity index (χ1n) is 8.22. The highest BCUT2D eigenvalue weighted by Crippen LogP contribution is 2.35. The van der Waals surface area contributed by atoms with E-state index in [-0.39, 0.29) is 11.7 Å². The molecule has 4 rings (SSSR count). The summed E-state index contributed by atoms with van der Waals surface area (Å²) in [5.74, 6) is -0.0875. The fourth-order valence-corrected chi connectivity index (χ4v) is 3.52. The van der Waals surface area contributed by atoms with E-state index in [0.29, 0.717) is 22.9 Å². The van der Waals surface area contributed by atoms with E-state index in [1.54, 1.807) is 4.68 Å². The first-order valence-corrected chi connectivity index (χ1v) is 9.02. The van der Waals surface area contributed by atoms with Crippen molar-refractivity contribution in [3.8, 4) is 0 Å². The Kier molecular flexibility index (Phi) is 4.49. The fourth-order valence-electron chi connectivity index (χ4n) is 3.10. The van der Waals surface area contributed by atoms with Crippen LogP contribution in [0.15, 0.2) is 70.6 Å². The minimum absolute atomic E-state index is 0.294. The van der Waals surface area contributed by atoms with E-state index < -0.39 is 6.04 Å². The summed E-state index contributed by atoms with van der Waals surface area (Å²) in [6.07, 6.45) is 1.45. The molecule has 0 spiro atoms. The molecule has 0 bridgehead atoms. The zero-order chi connectivity index (χ0) is 19.0. The number of allylic oxidation sites excluding steroid dienone is 1. The van der Waals surface area contributed by atoms with Gasteiger partial charge in [-0.3, -0.25) is 4.79 Å². The first kappa shape index (κ1) is 17.4. The molecule has 2 aromatic carbocycles. The van der Waals surface area contributed by atoms with Gasteiger partial charge in [-0.25, -0.2) is 9.07 Å². The van der Waals surface area contributed by atoms with Crippen LogP contribution in [0.5, 0.6) is 0 Å². The predicted molar refractivity (Wildman–Crippen MR) is 104 cm³/mol. The van der Waals surface area contributed by atoms with Crippen molar-refractivity contribution in [3.05, 3.63) is 82.0 Å². The number of aromatic nitrogens is 3. The van der Waals surface area contributed by atoms with E-state index in [1.165, 1.54) is 30.6 Å². The number of fused-ring (bicyclic) bond motifs is 1. The van der Waals surface area contributed by atoms with Crippen molar-refractivity contribution in [2.75, 3.05) is 10.6 Å². The third-order valence-electron chi connectivity index (χ3n) is 4.31. The molecule has 1 aromatic heterocycles. The number of amides is 1. The van der Waals surface area contributed by atoms with Gasteiger partial charge in [-0.05, 0) is 48.9 Å². The van der Waals surface area contributed by atoms with Gasteiger partial charge in [-0.2, -0.15) is 10.1 Å². The summed E-state index contributed by atoms with van der Waals surface area (Å²) in [6, 6.07) is 12.9. The molecule has 2 N–H and O–H groups in total. The van der Waals surface area contributed by atoms with Crippen LogP contribution in [0, 0.1) is 5.82 Å². The average Bonchev–Trinajstić information content (AvgIpc) is 3.10. The summed E-state index contributed by atoms with van der Waals surface area (Å²) >= 11 is 3.48. The molecule has 8 heteroatoms. The Labute approximate surface area is 163 Å². The predicted octanol–water partition coefficient (Wildman–Crippen LogP) is 4.11. The van der Waals surface area contributed by atoms with Crippen molar-refractivity contribution < 1.29 is 9.18 Å². The molecule has 2 heterocycles. The second kappa shape index (κ2) is 6.96. The molecule has 1 aliphatic rings. The van der Waals surface area contributed by atoms with Gasteiger partial charge in [0, 0.05) is 15.9 Å². The van der Waals surface area contributed by atoms with Crippen LogP contribution < -0.4 is 10.6 Å². The molecule has 6 nitrogen and oxygen atoms in total. The smallest absolute Gasteiger partial charge is 0.255 e. The van der Waals surface area contributed by atoms with Gasteiger partial charge < -0.3 is 10.6 Å². The van der Waals surface area contributed by atoms with Crippen molar-refractivity contribution >= 4 is 33.5 Å². The standard InChI is InChI=1S/C19H15BrFN5O/c1-11-16(18(27)25-15-7-5-14(21)6-8-15)17(12-3-2-4-13(20)9-12)26-19(24-11)22-10-23-26/h2-10,17H,1H3,(H,25,27)(H,22,23,24)/t17-/m0/s1. The molecule has 3 aromatic rings. The Balaban J connectivity index is 1.76. The highest BCUT2D eigenvalue weighted by Gasteiger charge is 2.33. The van der Waals surface area contributed by atoms with E-state index in [4.69, 9.17) is 0 Å². The van der Waals surface area contributed by atoms with Gasteiger partial charge in [0.2, 0.25) is 5.95 Å². The third-order valence-corrected chi connectivity index (χ3v) is 4.80. The lowest BCUT2D eigenvalue weighted by Crippen LogP contribution is -2.31. The zero-order valence-corrected chi connectivity index (χ0v) is 15.9. The topological polar surface area (TPSA) is 71.8 Å². The summed E-state index contributed by atoms with van der Waals surface area (Å²) in [7, 11) is 0. The highest BCUT2D eigenvalue weighted by molar-refractivity contribution is 9.10. The summed E-state index contributed by atoms with van der Waals surface area (Å²) in [5, 5.41) is 10.2. The van der Waals surface area contributed by atoms with Crippen molar-refractivity contribution in [2.24, 2.45) is 0 Å². The van der Waals surface area contributed by atoms with Gasteiger partial charge in [0.1, 0.15) is 18.2 Å². The fraction of sp³-hybridized carbons (Fsp3) is 0.105. The molecule has 0 aliphatic carbocycles. The average molecular weight is 428 g/mol. The largest absolute Gasteiger partial charge is 0.328 e. The molecule has 1 amide bonds. The lowest BCUT2D eigenvalue weighted by atomic mass is 9.95. The van der Waals surface area contributed by atoms with Crippen LogP contribution in [0.25, 0.3) is 0 Å². The van der Waals surface area contributed by atoms with E-state index in [9.17, 15) is 9.18 Å². The number of anilines is 2.